The molecule has 2 aromatic rings. The molecule has 1 aromatic carbocycles. The van der Waals surface area contributed by atoms with Crippen molar-refractivity contribution in [1.82, 2.24) is 9.55 Å². The van der Waals surface area contributed by atoms with Crippen molar-refractivity contribution in [2.24, 2.45) is 0 Å². The van der Waals surface area contributed by atoms with Gasteiger partial charge in [-0.1, -0.05) is 0 Å². The molecule has 21 heavy (non-hydrogen) atoms. The summed E-state index contributed by atoms with van der Waals surface area (Å²) in [7, 11) is 0. The summed E-state index contributed by atoms with van der Waals surface area (Å²) in [5.41, 5.74) is 1.28. The fourth-order valence-electron chi connectivity index (χ4n) is 2.63. The number of imidazole rings is 1. The number of aryl methyl sites for hydroxylation is 1. The van der Waals surface area contributed by atoms with E-state index in [-0.39, 0.29) is 0 Å². The van der Waals surface area contributed by atoms with Crippen molar-refractivity contribution in [2.75, 3.05) is 18.0 Å². The quantitative estimate of drug-likeness (QED) is 0.840. The predicted molar refractivity (Wildman–Crippen MR) is 74.8 cm³/mol. The van der Waals surface area contributed by atoms with Crippen LogP contribution in [0.1, 0.15) is 24.1 Å². The van der Waals surface area contributed by atoms with Crippen LogP contribution in [0.25, 0.3) is 5.69 Å². The molecule has 6 heteroatoms. The number of alkyl halides is 3. The van der Waals surface area contributed by atoms with Gasteiger partial charge in [-0.3, -0.25) is 0 Å². The standard InChI is InChI=1S/C15H16F3N3/c1-11-9-21(10-19-11)14-7-12(15(16,17)18)6-13(8-14)20-4-2-3-5-20/h6-10H,2-5H2,1H3. The minimum absolute atomic E-state index is 0.493. The van der Waals surface area contributed by atoms with Crippen molar-refractivity contribution in [2.45, 2.75) is 25.9 Å². The average Bonchev–Trinajstić information content (AvgIpc) is 3.08. The Morgan fingerprint density at radius 3 is 2.29 bits per heavy atom. The minimum atomic E-state index is -4.35. The van der Waals surface area contributed by atoms with Crippen LogP contribution in [0.15, 0.2) is 30.7 Å². The Morgan fingerprint density at radius 2 is 1.71 bits per heavy atom. The minimum Gasteiger partial charge on any atom is -0.371 e. The van der Waals surface area contributed by atoms with Crippen LogP contribution in [0, 0.1) is 6.92 Å². The first-order valence-corrected chi connectivity index (χ1v) is 6.92. The Morgan fingerprint density at radius 1 is 1.05 bits per heavy atom. The molecule has 0 radical (unpaired) electrons. The van der Waals surface area contributed by atoms with Crippen molar-refractivity contribution in [3.8, 4) is 5.69 Å². The fourth-order valence-corrected chi connectivity index (χ4v) is 2.63. The van der Waals surface area contributed by atoms with Gasteiger partial charge in [-0.25, -0.2) is 4.98 Å². The molecule has 1 fully saturated rings. The zero-order chi connectivity index (χ0) is 15.0. The molecule has 112 valence electrons. The van der Waals surface area contributed by atoms with Crippen LogP contribution in [0.2, 0.25) is 0 Å². The molecule has 2 heterocycles. The lowest BCUT2D eigenvalue weighted by atomic mass is 10.1. The monoisotopic (exact) mass is 295 g/mol. The van der Waals surface area contributed by atoms with Gasteiger partial charge >= 0.3 is 6.18 Å². The molecule has 0 amide bonds. The Balaban J connectivity index is 2.08. The first-order chi connectivity index (χ1) is 9.93. The van der Waals surface area contributed by atoms with Crippen molar-refractivity contribution >= 4 is 5.69 Å². The molecule has 1 aliphatic heterocycles. The summed E-state index contributed by atoms with van der Waals surface area (Å²) in [5.74, 6) is 0. The molecule has 0 N–H and O–H groups in total. The third kappa shape index (κ3) is 2.89. The van der Waals surface area contributed by atoms with Gasteiger partial charge in [0.1, 0.15) is 0 Å². The van der Waals surface area contributed by atoms with Gasteiger partial charge in [0, 0.05) is 30.7 Å². The van der Waals surface area contributed by atoms with Crippen LogP contribution < -0.4 is 4.90 Å². The lowest BCUT2D eigenvalue weighted by Crippen LogP contribution is -2.19. The largest absolute Gasteiger partial charge is 0.416 e. The summed E-state index contributed by atoms with van der Waals surface area (Å²) in [4.78, 5) is 6.08. The number of halogens is 3. The average molecular weight is 295 g/mol. The highest BCUT2D eigenvalue weighted by Gasteiger charge is 2.32. The molecule has 0 bridgehead atoms. The van der Waals surface area contributed by atoms with Gasteiger partial charge in [-0.15, -0.1) is 0 Å². The van der Waals surface area contributed by atoms with E-state index in [1.807, 2.05) is 11.8 Å². The third-order valence-corrected chi connectivity index (χ3v) is 3.71. The zero-order valence-corrected chi connectivity index (χ0v) is 11.7. The molecule has 0 aliphatic carbocycles. The Bertz CT molecular complexity index is 640. The summed E-state index contributed by atoms with van der Waals surface area (Å²) in [6.07, 6.45) is 0.966. The predicted octanol–water partition coefficient (Wildman–Crippen LogP) is 3.80. The summed E-state index contributed by atoms with van der Waals surface area (Å²) in [6.45, 7) is 3.43. The highest BCUT2D eigenvalue weighted by molar-refractivity contribution is 5.57. The molecule has 3 rings (SSSR count). The number of anilines is 1. The summed E-state index contributed by atoms with van der Waals surface area (Å²) in [5, 5.41) is 0. The highest BCUT2D eigenvalue weighted by Crippen LogP contribution is 2.34. The number of hydrogen-bond donors (Lipinski definition) is 0. The van der Waals surface area contributed by atoms with Crippen LogP contribution in [0.5, 0.6) is 0 Å². The van der Waals surface area contributed by atoms with Gasteiger partial charge in [-0.05, 0) is 38.0 Å². The Kier molecular flexibility index (Phi) is 3.39. The van der Waals surface area contributed by atoms with Crippen molar-refractivity contribution in [1.29, 1.82) is 0 Å². The lowest BCUT2D eigenvalue weighted by Gasteiger charge is -2.21. The maximum atomic E-state index is 13.1. The second kappa shape index (κ2) is 5.09. The molecular formula is C15H16F3N3. The first kappa shape index (κ1) is 14.0. The summed E-state index contributed by atoms with van der Waals surface area (Å²) < 4.78 is 41.0. The van der Waals surface area contributed by atoms with E-state index >= 15 is 0 Å². The smallest absolute Gasteiger partial charge is 0.371 e. The molecule has 0 spiro atoms. The summed E-state index contributed by atoms with van der Waals surface area (Å²) in [6, 6.07) is 4.20. The maximum Gasteiger partial charge on any atom is 0.416 e. The molecule has 1 aliphatic rings. The number of hydrogen-bond acceptors (Lipinski definition) is 2. The van der Waals surface area contributed by atoms with E-state index in [1.165, 1.54) is 12.1 Å². The van der Waals surface area contributed by atoms with Gasteiger partial charge in [0.05, 0.1) is 17.6 Å². The molecule has 1 aromatic heterocycles. The van der Waals surface area contributed by atoms with Crippen LogP contribution >= 0.6 is 0 Å². The van der Waals surface area contributed by atoms with E-state index in [2.05, 4.69) is 4.98 Å². The Hall–Kier alpha value is -1.98. The molecule has 0 saturated carbocycles. The molecule has 3 nitrogen and oxygen atoms in total. The van der Waals surface area contributed by atoms with Crippen LogP contribution in [-0.2, 0) is 6.18 Å². The van der Waals surface area contributed by atoms with Gasteiger partial charge in [0.15, 0.2) is 0 Å². The van der Waals surface area contributed by atoms with Gasteiger partial charge in [-0.2, -0.15) is 13.2 Å². The van der Waals surface area contributed by atoms with Crippen molar-refractivity contribution in [3.63, 3.8) is 0 Å². The fraction of sp³-hybridized carbons (Fsp3) is 0.400. The van der Waals surface area contributed by atoms with Crippen LogP contribution in [0.3, 0.4) is 0 Å². The van der Waals surface area contributed by atoms with Crippen molar-refractivity contribution < 1.29 is 13.2 Å². The van der Waals surface area contributed by atoms with Crippen LogP contribution in [-0.4, -0.2) is 22.6 Å². The first-order valence-electron chi connectivity index (χ1n) is 6.92. The molecule has 1 saturated heterocycles. The molecule has 0 unspecified atom stereocenters. The SMILES string of the molecule is Cc1cn(-c2cc(N3CCCC3)cc(C(F)(F)F)c2)cn1. The second-order valence-electron chi connectivity index (χ2n) is 5.35. The normalized spacial score (nSPS) is 15.7. The Labute approximate surface area is 121 Å². The maximum absolute atomic E-state index is 13.1. The number of nitrogens with zero attached hydrogens (tertiary/aromatic N) is 3. The van der Waals surface area contributed by atoms with E-state index in [4.69, 9.17) is 0 Å². The number of aromatic nitrogens is 2. The molecule has 0 atom stereocenters. The second-order valence-corrected chi connectivity index (χ2v) is 5.35. The van der Waals surface area contributed by atoms with Crippen molar-refractivity contribution in [3.05, 3.63) is 42.0 Å². The van der Waals surface area contributed by atoms with E-state index in [1.54, 1.807) is 23.2 Å². The van der Waals surface area contributed by atoms with Crippen LogP contribution in [0.4, 0.5) is 18.9 Å². The van der Waals surface area contributed by atoms with E-state index in [0.717, 1.165) is 31.6 Å². The van der Waals surface area contributed by atoms with Gasteiger partial charge in [0.25, 0.3) is 0 Å². The molecular weight excluding hydrogens is 279 g/mol. The summed E-state index contributed by atoms with van der Waals surface area (Å²) >= 11 is 0. The van der Waals surface area contributed by atoms with E-state index < -0.39 is 11.7 Å². The van der Waals surface area contributed by atoms with E-state index in [0.29, 0.717) is 11.4 Å². The van der Waals surface area contributed by atoms with E-state index in [9.17, 15) is 13.2 Å². The topological polar surface area (TPSA) is 21.1 Å². The highest BCUT2D eigenvalue weighted by atomic mass is 19.4. The van der Waals surface area contributed by atoms with Gasteiger partial charge < -0.3 is 9.47 Å². The number of benzene rings is 1. The lowest BCUT2D eigenvalue weighted by molar-refractivity contribution is -0.137. The third-order valence-electron chi connectivity index (χ3n) is 3.71. The van der Waals surface area contributed by atoms with Gasteiger partial charge in [0.2, 0.25) is 0 Å². The number of rotatable bonds is 2. The zero-order valence-electron chi connectivity index (χ0n) is 11.7.